The van der Waals surface area contributed by atoms with Gasteiger partial charge in [-0.05, 0) is 43.1 Å². The van der Waals surface area contributed by atoms with Crippen LogP contribution in [0.1, 0.15) is 21.7 Å². The molecule has 4 rings (SSSR count). The van der Waals surface area contributed by atoms with Gasteiger partial charge in [-0.25, -0.2) is 4.98 Å². The number of fused-ring (bicyclic) bond motifs is 1. The van der Waals surface area contributed by atoms with Gasteiger partial charge in [0.1, 0.15) is 16.5 Å². The summed E-state index contributed by atoms with van der Waals surface area (Å²) in [5, 5.41) is 4.90. The number of aromatic nitrogens is 4. The monoisotopic (exact) mass is 393 g/mol. The number of aromatic amines is 1. The number of ketones is 1. The first-order valence-electron chi connectivity index (χ1n) is 8.75. The highest BCUT2D eigenvalue weighted by Crippen LogP contribution is 2.27. The van der Waals surface area contributed by atoms with Gasteiger partial charge in [0.25, 0.3) is 0 Å². The summed E-state index contributed by atoms with van der Waals surface area (Å²) in [7, 11) is 1.56. The summed E-state index contributed by atoms with van der Waals surface area (Å²) < 4.78 is 9.35. The summed E-state index contributed by atoms with van der Waals surface area (Å²) in [5.74, 6) is 1.25. The Balaban J connectivity index is 1.53. The van der Waals surface area contributed by atoms with Gasteiger partial charge in [0.2, 0.25) is 5.88 Å². The quantitative estimate of drug-likeness (QED) is 0.481. The molecule has 0 aliphatic rings. The summed E-state index contributed by atoms with van der Waals surface area (Å²) in [6.45, 7) is 4.06. The number of hydrogen-bond donors (Lipinski definition) is 2. The lowest BCUT2D eigenvalue weighted by Crippen LogP contribution is -2.14. The van der Waals surface area contributed by atoms with E-state index >= 15 is 0 Å². The standard InChI is InChI=1S/C20H19N5O2S/c1-11-4-5-13(20-23-12(2)25-28-20)8-16(11)21-10-17(26)15-9-22-19-14(15)6-7-18(24-19)27-3/h4-9,21H,10H2,1-3H3,(H,22,24). The van der Waals surface area contributed by atoms with E-state index in [0.717, 1.165) is 33.0 Å². The number of benzene rings is 1. The molecule has 0 unspecified atom stereocenters. The maximum atomic E-state index is 12.8. The number of anilines is 1. The molecule has 28 heavy (non-hydrogen) atoms. The van der Waals surface area contributed by atoms with Crippen LogP contribution < -0.4 is 10.1 Å². The molecule has 0 amide bonds. The van der Waals surface area contributed by atoms with Crippen molar-refractivity contribution in [2.24, 2.45) is 0 Å². The molecule has 3 heterocycles. The van der Waals surface area contributed by atoms with Gasteiger partial charge in [0.15, 0.2) is 5.78 Å². The molecule has 0 bridgehead atoms. The van der Waals surface area contributed by atoms with Crippen LogP contribution in [0, 0.1) is 13.8 Å². The van der Waals surface area contributed by atoms with Gasteiger partial charge in [-0.2, -0.15) is 9.36 Å². The molecule has 0 aliphatic heterocycles. The SMILES string of the molecule is COc1ccc2c(C(=O)CNc3cc(-c4nc(C)ns4)ccc3C)c[nH]c2n1. The zero-order valence-corrected chi connectivity index (χ0v) is 16.6. The zero-order valence-electron chi connectivity index (χ0n) is 15.7. The van der Waals surface area contributed by atoms with E-state index in [9.17, 15) is 4.79 Å². The van der Waals surface area contributed by atoms with Crippen molar-refractivity contribution in [1.29, 1.82) is 0 Å². The molecule has 8 heteroatoms. The highest BCUT2D eigenvalue weighted by Gasteiger charge is 2.14. The normalized spacial score (nSPS) is 11.0. The average Bonchev–Trinajstić information content (AvgIpc) is 3.32. The summed E-state index contributed by atoms with van der Waals surface area (Å²) in [6.07, 6.45) is 1.69. The van der Waals surface area contributed by atoms with Gasteiger partial charge in [-0.3, -0.25) is 4.79 Å². The van der Waals surface area contributed by atoms with Crippen LogP contribution in [0.3, 0.4) is 0 Å². The number of hydrogen-bond acceptors (Lipinski definition) is 7. The van der Waals surface area contributed by atoms with E-state index in [1.165, 1.54) is 11.5 Å². The molecule has 1 aromatic carbocycles. The van der Waals surface area contributed by atoms with Gasteiger partial charge in [0.05, 0.1) is 13.7 Å². The molecule has 142 valence electrons. The second kappa shape index (κ2) is 7.40. The van der Waals surface area contributed by atoms with Gasteiger partial charge < -0.3 is 15.0 Å². The Labute approximate surface area is 166 Å². The third kappa shape index (κ3) is 3.46. The predicted octanol–water partition coefficient (Wildman–Crippen LogP) is 4.00. The molecule has 0 saturated carbocycles. The Morgan fingerprint density at radius 2 is 2.07 bits per heavy atom. The molecule has 0 radical (unpaired) electrons. The summed E-state index contributed by atoms with van der Waals surface area (Å²) in [5.41, 5.74) is 4.18. The summed E-state index contributed by atoms with van der Waals surface area (Å²) in [4.78, 5) is 24.5. The number of H-pyrrole nitrogens is 1. The van der Waals surface area contributed by atoms with E-state index in [1.807, 2.05) is 38.1 Å². The first kappa shape index (κ1) is 18.1. The van der Waals surface area contributed by atoms with Gasteiger partial charge >= 0.3 is 0 Å². The van der Waals surface area contributed by atoms with Crippen molar-refractivity contribution in [2.45, 2.75) is 13.8 Å². The number of carbonyl (C=O) groups is 1. The van der Waals surface area contributed by atoms with E-state index in [4.69, 9.17) is 4.74 Å². The minimum Gasteiger partial charge on any atom is -0.481 e. The molecule has 4 aromatic rings. The Kier molecular flexibility index (Phi) is 4.79. The minimum atomic E-state index is -0.0187. The Bertz CT molecular complexity index is 1160. The lowest BCUT2D eigenvalue weighted by atomic mass is 10.1. The smallest absolute Gasteiger partial charge is 0.214 e. The molecular weight excluding hydrogens is 374 g/mol. The fourth-order valence-corrected chi connectivity index (χ4v) is 3.63. The van der Waals surface area contributed by atoms with Crippen molar-refractivity contribution in [3.8, 4) is 16.5 Å². The maximum absolute atomic E-state index is 12.8. The molecule has 2 N–H and O–H groups in total. The predicted molar refractivity (Wildman–Crippen MR) is 110 cm³/mol. The van der Waals surface area contributed by atoms with Crippen LogP contribution in [0.5, 0.6) is 5.88 Å². The van der Waals surface area contributed by atoms with Crippen molar-refractivity contribution in [1.82, 2.24) is 19.3 Å². The number of methoxy groups -OCH3 is 1. The highest BCUT2D eigenvalue weighted by molar-refractivity contribution is 7.09. The number of Topliss-reactive ketones (excluding diaryl/α,β-unsaturated/α-hetero) is 1. The summed E-state index contributed by atoms with van der Waals surface area (Å²) in [6, 6.07) is 9.62. The number of aryl methyl sites for hydroxylation is 2. The molecule has 0 aliphatic carbocycles. The number of pyridine rings is 1. The molecule has 0 atom stereocenters. The zero-order chi connectivity index (χ0) is 19.7. The second-order valence-corrected chi connectivity index (χ2v) is 7.16. The van der Waals surface area contributed by atoms with E-state index in [-0.39, 0.29) is 12.3 Å². The van der Waals surface area contributed by atoms with Crippen molar-refractivity contribution in [3.63, 3.8) is 0 Å². The number of rotatable bonds is 6. The van der Waals surface area contributed by atoms with E-state index in [0.29, 0.717) is 17.1 Å². The Morgan fingerprint density at radius 3 is 2.82 bits per heavy atom. The van der Waals surface area contributed by atoms with Crippen LogP contribution in [0.25, 0.3) is 21.6 Å². The van der Waals surface area contributed by atoms with Gasteiger partial charge in [-0.15, -0.1) is 0 Å². The number of nitrogens with zero attached hydrogens (tertiary/aromatic N) is 3. The third-order valence-corrected chi connectivity index (χ3v) is 5.33. The van der Waals surface area contributed by atoms with E-state index in [1.54, 1.807) is 19.4 Å². The van der Waals surface area contributed by atoms with Crippen LogP contribution in [-0.4, -0.2) is 38.8 Å². The molecule has 3 aromatic heterocycles. The van der Waals surface area contributed by atoms with Crippen molar-refractivity contribution in [2.75, 3.05) is 19.0 Å². The first-order valence-corrected chi connectivity index (χ1v) is 9.53. The fourth-order valence-electron chi connectivity index (χ4n) is 2.96. The molecule has 0 fully saturated rings. The molecule has 7 nitrogen and oxygen atoms in total. The topological polar surface area (TPSA) is 92.8 Å². The average molecular weight is 393 g/mol. The lowest BCUT2D eigenvalue weighted by Gasteiger charge is -2.10. The lowest BCUT2D eigenvalue weighted by molar-refractivity contribution is 0.101. The van der Waals surface area contributed by atoms with E-state index in [2.05, 4.69) is 24.6 Å². The van der Waals surface area contributed by atoms with Crippen LogP contribution in [0.2, 0.25) is 0 Å². The number of nitrogens with one attached hydrogen (secondary N) is 2. The largest absolute Gasteiger partial charge is 0.481 e. The van der Waals surface area contributed by atoms with Crippen molar-refractivity contribution < 1.29 is 9.53 Å². The number of ether oxygens (including phenoxy) is 1. The van der Waals surface area contributed by atoms with Gasteiger partial charge in [0, 0.05) is 34.5 Å². The third-order valence-electron chi connectivity index (χ3n) is 4.47. The van der Waals surface area contributed by atoms with Gasteiger partial charge in [-0.1, -0.05) is 12.1 Å². The first-order chi connectivity index (χ1) is 13.5. The van der Waals surface area contributed by atoms with Crippen molar-refractivity contribution in [3.05, 3.63) is 53.5 Å². The molecular formula is C20H19N5O2S. The minimum absolute atomic E-state index is 0.0187. The number of carbonyl (C=O) groups excluding carboxylic acids is 1. The van der Waals surface area contributed by atoms with Crippen LogP contribution >= 0.6 is 11.5 Å². The highest BCUT2D eigenvalue weighted by atomic mass is 32.1. The summed E-state index contributed by atoms with van der Waals surface area (Å²) >= 11 is 1.37. The van der Waals surface area contributed by atoms with Crippen LogP contribution in [0.15, 0.2) is 36.5 Å². The fraction of sp³-hybridized carbons (Fsp3) is 0.200. The molecule has 0 spiro atoms. The van der Waals surface area contributed by atoms with Crippen LogP contribution in [-0.2, 0) is 0 Å². The maximum Gasteiger partial charge on any atom is 0.214 e. The van der Waals surface area contributed by atoms with Crippen LogP contribution in [0.4, 0.5) is 5.69 Å². The second-order valence-electron chi connectivity index (χ2n) is 6.41. The van der Waals surface area contributed by atoms with Crippen molar-refractivity contribution >= 4 is 34.0 Å². The Morgan fingerprint density at radius 1 is 1.21 bits per heavy atom. The molecule has 0 saturated heterocycles. The Hall–Kier alpha value is -3.26. The van der Waals surface area contributed by atoms with E-state index < -0.39 is 0 Å².